The number of aromatic nitrogens is 2. The fourth-order valence-corrected chi connectivity index (χ4v) is 3.16. The first-order valence-corrected chi connectivity index (χ1v) is 9.12. The highest BCUT2D eigenvalue weighted by molar-refractivity contribution is 6.03. The lowest BCUT2D eigenvalue weighted by atomic mass is 10.1. The number of aryl methyl sites for hydroxylation is 1. The lowest BCUT2D eigenvalue weighted by Gasteiger charge is -2.18. The zero-order chi connectivity index (χ0) is 19.5. The molecule has 0 radical (unpaired) electrons. The van der Waals surface area contributed by atoms with Crippen molar-refractivity contribution in [1.82, 2.24) is 9.78 Å². The summed E-state index contributed by atoms with van der Waals surface area (Å²) in [5.74, 6) is 1.74. The van der Waals surface area contributed by atoms with Gasteiger partial charge in [0.2, 0.25) is 0 Å². The second-order valence-electron chi connectivity index (χ2n) is 6.24. The smallest absolute Gasteiger partial charge is 0.276 e. The van der Waals surface area contributed by atoms with E-state index in [1.165, 1.54) is 0 Å². The SMILES string of the molecule is CCn1nc(C(=O)Nc2ccc3c(c2)OCCO3)cc1-c1ccccc1OC. The molecule has 0 atom stereocenters. The van der Waals surface area contributed by atoms with Crippen molar-refractivity contribution >= 4 is 11.6 Å². The molecule has 1 aliphatic rings. The van der Waals surface area contributed by atoms with Gasteiger partial charge in [0.1, 0.15) is 19.0 Å². The van der Waals surface area contributed by atoms with E-state index in [0.717, 1.165) is 17.0 Å². The molecule has 2 heterocycles. The molecule has 28 heavy (non-hydrogen) atoms. The number of fused-ring (bicyclic) bond motifs is 1. The molecule has 0 unspecified atom stereocenters. The summed E-state index contributed by atoms with van der Waals surface area (Å²) >= 11 is 0. The molecule has 7 heteroatoms. The third kappa shape index (κ3) is 3.38. The first kappa shape index (κ1) is 17.9. The summed E-state index contributed by atoms with van der Waals surface area (Å²) in [5, 5.41) is 7.33. The van der Waals surface area contributed by atoms with Crippen LogP contribution in [0.1, 0.15) is 17.4 Å². The predicted octanol–water partition coefficient (Wildman–Crippen LogP) is 3.60. The number of anilines is 1. The zero-order valence-electron chi connectivity index (χ0n) is 15.8. The van der Waals surface area contributed by atoms with Crippen molar-refractivity contribution in [2.45, 2.75) is 13.5 Å². The van der Waals surface area contributed by atoms with Crippen molar-refractivity contribution in [3.05, 3.63) is 54.2 Å². The Kier molecular flexibility index (Phi) is 4.89. The highest BCUT2D eigenvalue weighted by Crippen LogP contribution is 2.33. The van der Waals surface area contributed by atoms with E-state index in [1.54, 1.807) is 36.1 Å². The van der Waals surface area contributed by atoms with E-state index in [-0.39, 0.29) is 5.91 Å². The second kappa shape index (κ2) is 7.64. The molecule has 0 saturated heterocycles. The molecular formula is C21H21N3O4. The Bertz CT molecular complexity index is 1010. The average Bonchev–Trinajstić information content (AvgIpc) is 3.18. The molecule has 0 spiro atoms. The van der Waals surface area contributed by atoms with E-state index in [0.29, 0.717) is 42.6 Å². The van der Waals surface area contributed by atoms with Crippen LogP contribution < -0.4 is 19.5 Å². The summed E-state index contributed by atoms with van der Waals surface area (Å²) in [6.07, 6.45) is 0. The van der Waals surface area contributed by atoms with E-state index in [9.17, 15) is 4.79 Å². The first-order chi connectivity index (χ1) is 13.7. The predicted molar refractivity (Wildman–Crippen MR) is 105 cm³/mol. The van der Waals surface area contributed by atoms with Gasteiger partial charge in [-0.05, 0) is 37.3 Å². The van der Waals surface area contributed by atoms with Crippen LogP contribution in [0, 0.1) is 0 Å². The van der Waals surface area contributed by atoms with Crippen molar-refractivity contribution in [1.29, 1.82) is 0 Å². The Morgan fingerprint density at radius 3 is 2.71 bits per heavy atom. The Hall–Kier alpha value is -3.48. The fraction of sp³-hybridized carbons (Fsp3) is 0.238. The van der Waals surface area contributed by atoms with Gasteiger partial charge < -0.3 is 19.5 Å². The number of nitrogens with one attached hydrogen (secondary N) is 1. The van der Waals surface area contributed by atoms with Crippen LogP contribution in [0.25, 0.3) is 11.3 Å². The maximum absolute atomic E-state index is 12.8. The minimum atomic E-state index is -0.292. The fourth-order valence-electron chi connectivity index (χ4n) is 3.16. The minimum Gasteiger partial charge on any atom is -0.496 e. The van der Waals surface area contributed by atoms with Crippen molar-refractivity contribution in [3.8, 4) is 28.5 Å². The second-order valence-corrected chi connectivity index (χ2v) is 6.24. The monoisotopic (exact) mass is 379 g/mol. The van der Waals surface area contributed by atoms with Crippen LogP contribution in [0.2, 0.25) is 0 Å². The molecule has 1 amide bonds. The number of hydrogen-bond donors (Lipinski definition) is 1. The van der Waals surface area contributed by atoms with Gasteiger partial charge in [0.15, 0.2) is 17.2 Å². The number of nitrogens with zero attached hydrogens (tertiary/aromatic N) is 2. The molecule has 1 aliphatic heterocycles. The van der Waals surface area contributed by atoms with Gasteiger partial charge in [-0.1, -0.05) is 12.1 Å². The summed E-state index contributed by atoms with van der Waals surface area (Å²) < 4.78 is 18.3. The quantitative estimate of drug-likeness (QED) is 0.733. The zero-order valence-corrected chi connectivity index (χ0v) is 15.8. The van der Waals surface area contributed by atoms with Gasteiger partial charge in [-0.25, -0.2) is 0 Å². The number of carbonyl (C=O) groups is 1. The lowest BCUT2D eigenvalue weighted by Crippen LogP contribution is -2.16. The Morgan fingerprint density at radius 1 is 1.14 bits per heavy atom. The van der Waals surface area contributed by atoms with Crippen molar-refractivity contribution in [2.75, 3.05) is 25.6 Å². The van der Waals surface area contributed by atoms with Crippen LogP contribution >= 0.6 is 0 Å². The number of para-hydroxylation sites is 1. The van der Waals surface area contributed by atoms with Gasteiger partial charge in [0.25, 0.3) is 5.91 Å². The van der Waals surface area contributed by atoms with Gasteiger partial charge in [0.05, 0.1) is 12.8 Å². The van der Waals surface area contributed by atoms with Crippen LogP contribution in [0.15, 0.2) is 48.5 Å². The molecule has 4 rings (SSSR count). The Labute approximate surface area is 162 Å². The number of rotatable bonds is 5. The number of benzene rings is 2. The van der Waals surface area contributed by atoms with Crippen molar-refractivity contribution < 1.29 is 19.0 Å². The van der Waals surface area contributed by atoms with Crippen LogP contribution in [0.4, 0.5) is 5.69 Å². The largest absolute Gasteiger partial charge is 0.496 e. The van der Waals surface area contributed by atoms with Crippen LogP contribution in [0.3, 0.4) is 0 Å². The van der Waals surface area contributed by atoms with Gasteiger partial charge in [0, 0.05) is 23.9 Å². The number of carbonyl (C=O) groups excluding carboxylic acids is 1. The van der Waals surface area contributed by atoms with Gasteiger partial charge >= 0.3 is 0 Å². The summed E-state index contributed by atoms with van der Waals surface area (Å²) in [6, 6.07) is 14.8. The summed E-state index contributed by atoms with van der Waals surface area (Å²) in [7, 11) is 1.63. The highest BCUT2D eigenvalue weighted by Gasteiger charge is 2.18. The van der Waals surface area contributed by atoms with Crippen molar-refractivity contribution in [3.63, 3.8) is 0 Å². The number of amides is 1. The number of methoxy groups -OCH3 is 1. The first-order valence-electron chi connectivity index (χ1n) is 9.12. The number of hydrogen-bond acceptors (Lipinski definition) is 5. The van der Waals surface area contributed by atoms with E-state index in [2.05, 4.69) is 10.4 Å². The Balaban J connectivity index is 1.61. The van der Waals surface area contributed by atoms with Crippen molar-refractivity contribution in [2.24, 2.45) is 0 Å². The van der Waals surface area contributed by atoms with Gasteiger partial charge in [-0.3, -0.25) is 9.48 Å². The topological polar surface area (TPSA) is 74.6 Å². The lowest BCUT2D eigenvalue weighted by molar-refractivity contribution is 0.102. The highest BCUT2D eigenvalue weighted by atomic mass is 16.6. The molecule has 3 aromatic rings. The molecule has 0 fully saturated rings. The molecule has 0 aliphatic carbocycles. The molecule has 144 valence electrons. The summed E-state index contributed by atoms with van der Waals surface area (Å²) in [4.78, 5) is 12.8. The van der Waals surface area contributed by atoms with Gasteiger partial charge in [-0.2, -0.15) is 5.10 Å². The standard InChI is InChI=1S/C21H21N3O4/c1-3-24-17(15-6-4-5-7-18(15)26-2)13-16(23-24)21(25)22-14-8-9-19-20(12-14)28-11-10-27-19/h4-9,12-13H,3,10-11H2,1-2H3,(H,22,25). The Morgan fingerprint density at radius 2 is 1.93 bits per heavy atom. The number of ether oxygens (including phenoxy) is 3. The maximum atomic E-state index is 12.8. The summed E-state index contributed by atoms with van der Waals surface area (Å²) in [6.45, 7) is 3.63. The molecule has 1 aromatic heterocycles. The molecule has 7 nitrogen and oxygen atoms in total. The van der Waals surface area contributed by atoms with Crippen LogP contribution in [-0.4, -0.2) is 36.0 Å². The van der Waals surface area contributed by atoms with E-state index < -0.39 is 0 Å². The van der Waals surface area contributed by atoms with E-state index in [4.69, 9.17) is 14.2 Å². The normalized spacial score (nSPS) is 12.5. The van der Waals surface area contributed by atoms with E-state index >= 15 is 0 Å². The molecule has 0 saturated carbocycles. The summed E-state index contributed by atoms with van der Waals surface area (Å²) in [5.41, 5.74) is 2.67. The van der Waals surface area contributed by atoms with Gasteiger partial charge in [-0.15, -0.1) is 0 Å². The third-order valence-electron chi connectivity index (χ3n) is 4.50. The maximum Gasteiger partial charge on any atom is 0.276 e. The third-order valence-corrected chi connectivity index (χ3v) is 4.50. The molecule has 2 aromatic carbocycles. The van der Waals surface area contributed by atoms with Crippen LogP contribution in [-0.2, 0) is 6.54 Å². The minimum absolute atomic E-state index is 0.292. The molecule has 0 bridgehead atoms. The van der Waals surface area contributed by atoms with Crippen LogP contribution in [0.5, 0.6) is 17.2 Å². The van der Waals surface area contributed by atoms with E-state index in [1.807, 2.05) is 31.2 Å². The average molecular weight is 379 g/mol. The molecular weight excluding hydrogens is 358 g/mol. The molecule has 1 N–H and O–H groups in total.